The van der Waals surface area contributed by atoms with Gasteiger partial charge in [0.05, 0.1) is 12.3 Å². The van der Waals surface area contributed by atoms with Gasteiger partial charge in [0.1, 0.15) is 18.0 Å². The Kier molecular flexibility index (Phi) is 5.13. The van der Waals surface area contributed by atoms with Crippen molar-refractivity contribution in [2.24, 2.45) is 0 Å². The van der Waals surface area contributed by atoms with Crippen molar-refractivity contribution in [2.75, 3.05) is 11.9 Å². The lowest BCUT2D eigenvalue weighted by Gasteiger charge is -2.12. The lowest BCUT2D eigenvalue weighted by molar-refractivity contribution is -0.116. The minimum atomic E-state index is -0.167. The molecule has 0 atom stereocenters. The van der Waals surface area contributed by atoms with E-state index in [1.165, 1.54) is 0 Å². The number of hydrogen-bond acceptors (Lipinski definition) is 5. The van der Waals surface area contributed by atoms with E-state index >= 15 is 0 Å². The van der Waals surface area contributed by atoms with Crippen molar-refractivity contribution in [1.82, 2.24) is 14.8 Å². The van der Waals surface area contributed by atoms with Crippen LogP contribution in [-0.2, 0) is 17.8 Å². The molecule has 0 saturated heterocycles. The first-order valence-electron chi connectivity index (χ1n) is 8.20. The van der Waals surface area contributed by atoms with Gasteiger partial charge in [-0.1, -0.05) is 19.1 Å². The number of nitrogens with zero attached hydrogens (tertiary/aromatic N) is 3. The summed E-state index contributed by atoms with van der Waals surface area (Å²) >= 11 is 0. The number of carbonyl (C=O) groups excluding carboxylic acids is 1. The molecule has 0 aliphatic carbocycles. The Morgan fingerprint density at radius 1 is 1.20 bits per heavy atom. The maximum atomic E-state index is 12.4. The van der Waals surface area contributed by atoms with Gasteiger partial charge in [-0.25, -0.2) is 0 Å². The first kappa shape index (κ1) is 16.8. The van der Waals surface area contributed by atoms with E-state index in [1.54, 1.807) is 10.8 Å². The van der Waals surface area contributed by atoms with E-state index in [9.17, 15) is 4.79 Å². The molecule has 7 heteroatoms. The highest BCUT2D eigenvalue weighted by molar-refractivity contribution is 5.92. The van der Waals surface area contributed by atoms with Crippen molar-refractivity contribution in [2.45, 2.75) is 26.8 Å². The molecule has 1 amide bonds. The molecule has 0 radical (unpaired) electrons. The Morgan fingerprint density at radius 3 is 2.80 bits per heavy atom. The molecule has 0 unspecified atom stereocenters. The lowest BCUT2D eigenvalue weighted by atomic mass is 10.3. The van der Waals surface area contributed by atoms with Gasteiger partial charge in [0, 0.05) is 12.6 Å². The molecule has 25 heavy (non-hydrogen) atoms. The number of aromatic nitrogens is 3. The summed E-state index contributed by atoms with van der Waals surface area (Å²) in [5.74, 6) is 1.46. The fraction of sp³-hybridized carbons (Fsp3) is 0.278. The van der Waals surface area contributed by atoms with Gasteiger partial charge in [0.15, 0.2) is 0 Å². The smallest absolute Gasteiger partial charge is 0.264 e. The predicted molar refractivity (Wildman–Crippen MR) is 93.3 cm³/mol. The van der Waals surface area contributed by atoms with E-state index in [4.69, 9.17) is 9.15 Å². The maximum Gasteiger partial charge on any atom is 0.264 e. The highest BCUT2D eigenvalue weighted by Crippen LogP contribution is 2.24. The molecule has 1 N–H and O–H groups in total. The van der Waals surface area contributed by atoms with Gasteiger partial charge in [-0.05, 0) is 31.2 Å². The fourth-order valence-electron chi connectivity index (χ4n) is 2.44. The van der Waals surface area contributed by atoms with Crippen LogP contribution in [0.1, 0.15) is 19.7 Å². The second-order valence-electron chi connectivity index (χ2n) is 5.35. The van der Waals surface area contributed by atoms with Crippen molar-refractivity contribution in [3.8, 4) is 17.3 Å². The molecular formula is C18H20N4O3. The monoisotopic (exact) mass is 340 g/mol. The largest absolute Gasteiger partial charge is 0.492 e. The molecule has 0 fully saturated rings. The van der Waals surface area contributed by atoms with Crippen molar-refractivity contribution >= 4 is 11.6 Å². The molecule has 3 aromatic rings. The van der Waals surface area contributed by atoms with Gasteiger partial charge in [-0.2, -0.15) is 0 Å². The van der Waals surface area contributed by atoms with E-state index in [0.29, 0.717) is 41.9 Å². The molecule has 1 aromatic carbocycles. The first-order valence-corrected chi connectivity index (χ1v) is 8.20. The van der Waals surface area contributed by atoms with Gasteiger partial charge in [-0.15, -0.1) is 10.2 Å². The summed E-state index contributed by atoms with van der Waals surface area (Å²) in [5, 5.41) is 10.9. The Balaban J connectivity index is 1.73. The number of anilines is 1. The maximum absolute atomic E-state index is 12.4. The van der Waals surface area contributed by atoms with E-state index in [1.807, 2.05) is 50.2 Å². The molecule has 130 valence electrons. The van der Waals surface area contributed by atoms with Crippen LogP contribution in [0.15, 0.2) is 47.0 Å². The van der Waals surface area contributed by atoms with Crippen LogP contribution < -0.4 is 10.1 Å². The predicted octanol–water partition coefficient (Wildman–Crippen LogP) is 3.14. The number of ether oxygens (including phenoxy) is 1. The zero-order valence-corrected chi connectivity index (χ0v) is 14.2. The quantitative estimate of drug-likeness (QED) is 0.714. The third-order valence-corrected chi connectivity index (χ3v) is 3.59. The van der Waals surface area contributed by atoms with Gasteiger partial charge in [-0.3, -0.25) is 4.79 Å². The average Bonchev–Trinajstić information content (AvgIpc) is 3.25. The SMILES string of the molecule is CCOc1ccccc1NC(=O)Cn1cccc1-c1nnc(CC)o1. The Labute approximate surface area is 145 Å². The minimum Gasteiger partial charge on any atom is -0.492 e. The number of amides is 1. The van der Waals surface area contributed by atoms with Gasteiger partial charge >= 0.3 is 0 Å². The number of carbonyl (C=O) groups is 1. The number of aryl methyl sites for hydroxylation is 1. The molecule has 0 spiro atoms. The van der Waals surface area contributed by atoms with Crippen molar-refractivity contribution in [1.29, 1.82) is 0 Å². The third kappa shape index (κ3) is 3.88. The summed E-state index contributed by atoms with van der Waals surface area (Å²) in [7, 11) is 0. The normalized spacial score (nSPS) is 10.6. The van der Waals surface area contributed by atoms with Gasteiger partial charge in [0.2, 0.25) is 11.8 Å². The second kappa shape index (κ2) is 7.65. The van der Waals surface area contributed by atoms with Crippen molar-refractivity contribution in [3.63, 3.8) is 0 Å². The summed E-state index contributed by atoms with van der Waals surface area (Å²) < 4.78 is 12.9. The summed E-state index contributed by atoms with van der Waals surface area (Å²) in [6.07, 6.45) is 2.47. The lowest BCUT2D eigenvalue weighted by Crippen LogP contribution is -2.19. The summed E-state index contributed by atoms with van der Waals surface area (Å²) in [6, 6.07) is 11.0. The van der Waals surface area contributed by atoms with Crippen LogP contribution in [0.25, 0.3) is 11.6 Å². The Morgan fingerprint density at radius 2 is 2.04 bits per heavy atom. The number of benzene rings is 1. The minimum absolute atomic E-state index is 0.132. The average molecular weight is 340 g/mol. The molecule has 3 rings (SSSR count). The molecule has 0 aliphatic rings. The van der Waals surface area contributed by atoms with Crippen LogP contribution in [0.2, 0.25) is 0 Å². The van der Waals surface area contributed by atoms with Gasteiger partial charge in [0.25, 0.3) is 5.89 Å². The highest BCUT2D eigenvalue weighted by Gasteiger charge is 2.14. The van der Waals surface area contributed by atoms with Crippen LogP contribution in [0, 0.1) is 0 Å². The Hall–Kier alpha value is -3.09. The molecule has 7 nitrogen and oxygen atoms in total. The summed E-state index contributed by atoms with van der Waals surface area (Å²) in [5.41, 5.74) is 1.36. The number of rotatable bonds is 7. The van der Waals surface area contributed by atoms with Crippen LogP contribution >= 0.6 is 0 Å². The standard InChI is InChI=1S/C18H20N4O3/c1-3-17-20-21-18(25-17)14-9-7-11-22(14)12-16(23)19-13-8-5-6-10-15(13)24-4-2/h5-11H,3-4,12H2,1-2H3,(H,19,23). The van der Waals surface area contributed by atoms with Crippen LogP contribution in [-0.4, -0.2) is 27.3 Å². The van der Waals surface area contributed by atoms with E-state index in [-0.39, 0.29) is 12.5 Å². The van der Waals surface area contributed by atoms with Crippen LogP contribution in [0.5, 0.6) is 5.75 Å². The number of hydrogen-bond donors (Lipinski definition) is 1. The topological polar surface area (TPSA) is 82.2 Å². The van der Waals surface area contributed by atoms with Gasteiger partial charge < -0.3 is 19.0 Å². The number of nitrogens with one attached hydrogen (secondary N) is 1. The first-order chi connectivity index (χ1) is 12.2. The number of para-hydroxylation sites is 2. The molecule has 2 heterocycles. The second-order valence-corrected chi connectivity index (χ2v) is 5.35. The summed E-state index contributed by atoms with van der Waals surface area (Å²) in [4.78, 5) is 12.4. The molecule has 0 bridgehead atoms. The van der Waals surface area contributed by atoms with Crippen LogP contribution in [0.3, 0.4) is 0 Å². The third-order valence-electron chi connectivity index (χ3n) is 3.59. The molecular weight excluding hydrogens is 320 g/mol. The van der Waals surface area contributed by atoms with Crippen molar-refractivity contribution < 1.29 is 13.9 Å². The van der Waals surface area contributed by atoms with Crippen LogP contribution in [0.4, 0.5) is 5.69 Å². The summed E-state index contributed by atoms with van der Waals surface area (Å²) in [6.45, 7) is 4.51. The fourth-order valence-corrected chi connectivity index (χ4v) is 2.44. The molecule has 0 aliphatic heterocycles. The highest BCUT2D eigenvalue weighted by atomic mass is 16.5. The van der Waals surface area contributed by atoms with E-state index in [2.05, 4.69) is 15.5 Å². The zero-order valence-electron chi connectivity index (χ0n) is 14.2. The van der Waals surface area contributed by atoms with E-state index < -0.39 is 0 Å². The molecule has 0 saturated carbocycles. The zero-order chi connectivity index (χ0) is 17.6. The van der Waals surface area contributed by atoms with E-state index in [0.717, 1.165) is 0 Å². The molecule has 2 aromatic heterocycles. The Bertz CT molecular complexity index is 853. The van der Waals surface area contributed by atoms with Crippen molar-refractivity contribution in [3.05, 3.63) is 48.5 Å².